The van der Waals surface area contributed by atoms with Gasteiger partial charge in [0, 0.05) is 6.42 Å². The van der Waals surface area contributed by atoms with E-state index in [-0.39, 0.29) is 0 Å². The van der Waals surface area contributed by atoms with Gasteiger partial charge in [-0.05, 0) is 55.8 Å². The van der Waals surface area contributed by atoms with E-state index in [1.165, 1.54) is 35.5 Å². The highest BCUT2D eigenvalue weighted by atomic mass is 32.1. The molecule has 3 heterocycles. The molecule has 1 saturated heterocycles. The molecule has 3 nitrogen and oxygen atoms in total. The Kier molecular flexibility index (Phi) is 3.48. The van der Waals surface area contributed by atoms with E-state index < -0.39 is 0 Å². The number of rotatable bonds is 3. The van der Waals surface area contributed by atoms with E-state index in [1.807, 2.05) is 6.20 Å². The van der Waals surface area contributed by atoms with Crippen LogP contribution in [0.15, 0.2) is 17.6 Å². The van der Waals surface area contributed by atoms with Gasteiger partial charge in [-0.15, -0.1) is 11.3 Å². The van der Waals surface area contributed by atoms with Gasteiger partial charge in [-0.2, -0.15) is 0 Å². The maximum atomic E-state index is 4.53. The van der Waals surface area contributed by atoms with Crippen LogP contribution in [0.3, 0.4) is 0 Å². The van der Waals surface area contributed by atoms with Crippen LogP contribution in [0.4, 0.5) is 0 Å². The Hall–Kier alpha value is -1.13. The molecule has 1 aliphatic rings. The lowest BCUT2D eigenvalue weighted by Gasteiger charge is -2.21. The first kappa shape index (κ1) is 11.9. The van der Waals surface area contributed by atoms with Crippen LogP contribution in [-0.2, 0) is 6.42 Å². The zero-order valence-electron chi connectivity index (χ0n) is 10.7. The fourth-order valence-electron chi connectivity index (χ4n) is 2.60. The van der Waals surface area contributed by atoms with Gasteiger partial charge in [-0.3, -0.25) is 0 Å². The maximum Gasteiger partial charge on any atom is 0.106 e. The molecule has 2 N–H and O–H groups in total. The number of H-pyrrole nitrogens is 1. The molecule has 4 heteroatoms. The third-order valence-electron chi connectivity index (χ3n) is 3.62. The zero-order valence-corrected chi connectivity index (χ0v) is 11.5. The fraction of sp³-hybridized carbons (Fsp3) is 0.500. The molecule has 0 radical (unpaired) electrons. The summed E-state index contributed by atoms with van der Waals surface area (Å²) in [7, 11) is 0. The Labute approximate surface area is 112 Å². The molecule has 1 atom stereocenters. The van der Waals surface area contributed by atoms with Gasteiger partial charge in [0.15, 0.2) is 0 Å². The minimum absolute atomic E-state index is 0.738. The van der Waals surface area contributed by atoms with E-state index in [9.17, 15) is 0 Å². The van der Waals surface area contributed by atoms with Gasteiger partial charge in [0.2, 0.25) is 0 Å². The van der Waals surface area contributed by atoms with Crippen molar-refractivity contribution in [2.24, 2.45) is 5.92 Å². The van der Waals surface area contributed by atoms with Crippen LogP contribution in [0, 0.1) is 12.8 Å². The summed E-state index contributed by atoms with van der Waals surface area (Å²) in [5, 5.41) is 5.59. The Balaban J connectivity index is 1.71. The molecule has 0 aromatic carbocycles. The van der Waals surface area contributed by atoms with Crippen LogP contribution in [0.1, 0.15) is 24.2 Å². The van der Waals surface area contributed by atoms with Gasteiger partial charge < -0.3 is 10.3 Å². The van der Waals surface area contributed by atoms with Crippen molar-refractivity contribution in [2.75, 3.05) is 13.1 Å². The summed E-state index contributed by atoms with van der Waals surface area (Å²) in [5.41, 5.74) is 2.50. The molecule has 1 unspecified atom stereocenters. The van der Waals surface area contributed by atoms with E-state index in [2.05, 4.69) is 33.7 Å². The molecule has 96 valence electrons. The molecule has 3 rings (SSSR count). The molecule has 18 heavy (non-hydrogen) atoms. The van der Waals surface area contributed by atoms with Gasteiger partial charge >= 0.3 is 0 Å². The number of nitrogens with zero attached hydrogens (tertiary/aromatic N) is 1. The topological polar surface area (TPSA) is 40.7 Å². The normalized spacial score (nSPS) is 20.2. The van der Waals surface area contributed by atoms with Crippen LogP contribution in [0.5, 0.6) is 0 Å². The van der Waals surface area contributed by atoms with Crippen LogP contribution >= 0.6 is 11.3 Å². The number of hydrogen-bond donors (Lipinski definition) is 2. The quantitative estimate of drug-likeness (QED) is 0.891. The van der Waals surface area contributed by atoms with Crippen LogP contribution in [0.2, 0.25) is 0 Å². The number of imidazole rings is 1. The van der Waals surface area contributed by atoms with Gasteiger partial charge in [-0.25, -0.2) is 4.98 Å². The van der Waals surface area contributed by atoms with E-state index in [4.69, 9.17) is 0 Å². The molecule has 0 aliphatic carbocycles. The first-order chi connectivity index (χ1) is 8.83. The number of thiophene rings is 1. The lowest BCUT2D eigenvalue weighted by atomic mass is 9.96. The Morgan fingerprint density at radius 1 is 1.50 bits per heavy atom. The minimum Gasteiger partial charge on any atom is -0.341 e. The summed E-state index contributed by atoms with van der Waals surface area (Å²) < 4.78 is 0. The first-order valence-electron chi connectivity index (χ1n) is 6.62. The highest BCUT2D eigenvalue weighted by molar-refractivity contribution is 7.13. The Morgan fingerprint density at radius 2 is 2.44 bits per heavy atom. The highest BCUT2D eigenvalue weighted by Crippen LogP contribution is 2.27. The highest BCUT2D eigenvalue weighted by Gasteiger charge is 2.15. The largest absolute Gasteiger partial charge is 0.341 e. The average molecular weight is 261 g/mol. The standard InChI is InChI=1S/C14H19N3S/c1-10-4-6-18-14(10)12-9-16-13(17-12)7-11-3-2-5-15-8-11/h4,6,9,11,15H,2-3,5,7-8H2,1H3,(H,16,17). The molecule has 0 amide bonds. The summed E-state index contributed by atoms with van der Waals surface area (Å²) in [6, 6.07) is 2.16. The third-order valence-corrected chi connectivity index (χ3v) is 4.67. The predicted molar refractivity (Wildman–Crippen MR) is 75.9 cm³/mol. The van der Waals surface area contributed by atoms with Crippen LogP contribution in [0.25, 0.3) is 10.6 Å². The summed E-state index contributed by atoms with van der Waals surface area (Å²) >= 11 is 1.78. The molecular formula is C14H19N3S. The Morgan fingerprint density at radius 3 is 3.17 bits per heavy atom. The molecule has 1 aliphatic heterocycles. The number of aromatic nitrogens is 2. The second-order valence-electron chi connectivity index (χ2n) is 5.09. The lowest BCUT2D eigenvalue weighted by Crippen LogP contribution is -2.31. The summed E-state index contributed by atoms with van der Waals surface area (Å²) in [6.07, 6.45) is 5.66. The van der Waals surface area contributed by atoms with Crippen molar-refractivity contribution in [3.8, 4) is 10.6 Å². The van der Waals surface area contributed by atoms with Crippen LogP contribution < -0.4 is 5.32 Å². The van der Waals surface area contributed by atoms with Crippen molar-refractivity contribution < 1.29 is 0 Å². The van der Waals surface area contributed by atoms with Crippen molar-refractivity contribution in [1.82, 2.24) is 15.3 Å². The van der Waals surface area contributed by atoms with E-state index >= 15 is 0 Å². The smallest absolute Gasteiger partial charge is 0.106 e. The molecule has 2 aromatic heterocycles. The van der Waals surface area contributed by atoms with Gasteiger partial charge in [0.1, 0.15) is 5.82 Å². The summed E-state index contributed by atoms with van der Waals surface area (Å²) in [4.78, 5) is 9.32. The summed E-state index contributed by atoms with van der Waals surface area (Å²) in [5.74, 6) is 1.87. The molecule has 0 saturated carbocycles. The first-order valence-corrected chi connectivity index (χ1v) is 7.50. The minimum atomic E-state index is 0.738. The summed E-state index contributed by atoms with van der Waals surface area (Å²) in [6.45, 7) is 4.46. The van der Waals surface area contributed by atoms with Crippen LogP contribution in [-0.4, -0.2) is 23.1 Å². The molecule has 1 fully saturated rings. The van der Waals surface area contributed by atoms with E-state index in [0.717, 1.165) is 24.7 Å². The zero-order chi connectivity index (χ0) is 12.4. The van der Waals surface area contributed by atoms with Gasteiger partial charge in [0.05, 0.1) is 16.8 Å². The van der Waals surface area contributed by atoms with E-state index in [0.29, 0.717) is 0 Å². The third kappa shape index (κ3) is 2.49. The SMILES string of the molecule is Cc1ccsc1-c1cnc(CC2CCCNC2)[nH]1. The second-order valence-corrected chi connectivity index (χ2v) is 6.01. The van der Waals surface area contributed by atoms with E-state index in [1.54, 1.807) is 11.3 Å². The van der Waals surface area contributed by atoms with Crippen molar-refractivity contribution in [2.45, 2.75) is 26.2 Å². The average Bonchev–Trinajstić information content (AvgIpc) is 2.99. The molecular weight excluding hydrogens is 242 g/mol. The number of aryl methyl sites for hydroxylation is 1. The molecule has 0 spiro atoms. The second kappa shape index (κ2) is 5.24. The lowest BCUT2D eigenvalue weighted by molar-refractivity contribution is 0.371. The number of aromatic amines is 1. The van der Waals surface area contributed by atoms with Crippen molar-refractivity contribution >= 4 is 11.3 Å². The molecule has 2 aromatic rings. The monoisotopic (exact) mass is 261 g/mol. The number of nitrogens with one attached hydrogen (secondary N) is 2. The molecule has 0 bridgehead atoms. The number of piperidine rings is 1. The van der Waals surface area contributed by atoms with Crippen molar-refractivity contribution in [3.05, 3.63) is 29.0 Å². The fourth-order valence-corrected chi connectivity index (χ4v) is 3.49. The predicted octanol–water partition coefficient (Wildman–Crippen LogP) is 2.99. The number of hydrogen-bond acceptors (Lipinski definition) is 3. The maximum absolute atomic E-state index is 4.53. The van der Waals surface area contributed by atoms with Crippen molar-refractivity contribution in [1.29, 1.82) is 0 Å². The van der Waals surface area contributed by atoms with Crippen molar-refractivity contribution in [3.63, 3.8) is 0 Å². The Bertz CT molecular complexity index is 509. The van der Waals surface area contributed by atoms with Gasteiger partial charge in [0.25, 0.3) is 0 Å². The van der Waals surface area contributed by atoms with Gasteiger partial charge in [-0.1, -0.05) is 0 Å².